The first kappa shape index (κ1) is 23.6. The standard InChI is InChI=1S/C23H27N5O5S/c1-27(21-17(23(30)33-2)5-4-10-24-21)16-8-11-28(12-9-16)22(29)19-14-25-20-7-6-15(13-18(19)20)26-34(3,31)32/h4-7,10,13-14,16,25-26H,8-9,11-12H2,1-3H3. The number of methoxy groups -OCH3 is 1. The van der Waals surface area contributed by atoms with Crippen LogP contribution >= 0.6 is 0 Å². The minimum absolute atomic E-state index is 0.107. The van der Waals surface area contributed by atoms with Crippen LogP contribution < -0.4 is 9.62 Å². The van der Waals surface area contributed by atoms with Crippen LogP contribution in [0.15, 0.2) is 42.7 Å². The van der Waals surface area contributed by atoms with Gasteiger partial charge in [0.1, 0.15) is 11.4 Å². The van der Waals surface area contributed by atoms with E-state index in [9.17, 15) is 18.0 Å². The number of rotatable bonds is 6. The highest BCUT2D eigenvalue weighted by atomic mass is 32.2. The van der Waals surface area contributed by atoms with E-state index in [1.807, 2.05) is 11.9 Å². The number of ether oxygens (including phenoxy) is 1. The van der Waals surface area contributed by atoms with Gasteiger partial charge in [-0.1, -0.05) is 0 Å². The molecule has 1 saturated heterocycles. The van der Waals surface area contributed by atoms with Crippen LogP contribution in [-0.4, -0.2) is 74.7 Å². The number of pyridine rings is 1. The third kappa shape index (κ3) is 4.84. The van der Waals surface area contributed by atoms with Crippen molar-refractivity contribution < 1.29 is 22.7 Å². The molecule has 1 aliphatic rings. The number of aromatic nitrogens is 2. The summed E-state index contributed by atoms with van der Waals surface area (Å²) in [6.45, 7) is 1.09. The van der Waals surface area contributed by atoms with Crippen molar-refractivity contribution in [1.29, 1.82) is 0 Å². The molecule has 0 atom stereocenters. The second-order valence-electron chi connectivity index (χ2n) is 8.34. The molecule has 0 bridgehead atoms. The maximum atomic E-state index is 13.3. The van der Waals surface area contributed by atoms with Gasteiger partial charge in [-0.3, -0.25) is 9.52 Å². The average Bonchev–Trinajstić information content (AvgIpc) is 3.25. The number of carbonyl (C=O) groups is 2. The molecule has 0 spiro atoms. The number of H-pyrrole nitrogens is 1. The van der Waals surface area contributed by atoms with Gasteiger partial charge in [0, 0.05) is 55.2 Å². The fraction of sp³-hybridized carbons (Fsp3) is 0.348. The van der Waals surface area contributed by atoms with Gasteiger partial charge in [-0.15, -0.1) is 0 Å². The molecule has 2 N–H and O–H groups in total. The molecular weight excluding hydrogens is 458 g/mol. The molecule has 0 aliphatic carbocycles. The lowest BCUT2D eigenvalue weighted by Crippen LogP contribution is -2.46. The quantitative estimate of drug-likeness (QED) is 0.514. The molecule has 34 heavy (non-hydrogen) atoms. The lowest BCUT2D eigenvalue weighted by atomic mass is 10.0. The van der Waals surface area contributed by atoms with Crippen molar-refractivity contribution in [2.45, 2.75) is 18.9 Å². The number of nitrogens with zero attached hydrogens (tertiary/aromatic N) is 3. The van der Waals surface area contributed by atoms with Gasteiger partial charge in [0.2, 0.25) is 10.0 Å². The van der Waals surface area contributed by atoms with E-state index in [2.05, 4.69) is 14.7 Å². The maximum absolute atomic E-state index is 13.3. The van der Waals surface area contributed by atoms with Crippen LogP contribution in [0.1, 0.15) is 33.6 Å². The van der Waals surface area contributed by atoms with Crippen molar-refractivity contribution in [3.8, 4) is 0 Å². The van der Waals surface area contributed by atoms with Gasteiger partial charge < -0.3 is 19.5 Å². The molecule has 1 amide bonds. The number of carbonyl (C=O) groups excluding carboxylic acids is 2. The number of benzene rings is 1. The number of aromatic amines is 1. The zero-order valence-electron chi connectivity index (χ0n) is 19.2. The Morgan fingerprint density at radius 2 is 1.94 bits per heavy atom. The molecule has 4 rings (SSSR count). The van der Waals surface area contributed by atoms with Crippen molar-refractivity contribution in [2.24, 2.45) is 0 Å². The molecule has 11 heteroatoms. The summed E-state index contributed by atoms with van der Waals surface area (Å²) in [5, 5.41) is 0.661. The van der Waals surface area contributed by atoms with E-state index in [1.54, 1.807) is 47.6 Å². The number of piperidine rings is 1. The number of hydrogen-bond donors (Lipinski definition) is 2. The predicted octanol–water partition coefficient (Wildman–Crippen LogP) is 2.46. The van der Waals surface area contributed by atoms with E-state index in [0.29, 0.717) is 53.9 Å². The Morgan fingerprint density at radius 3 is 2.62 bits per heavy atom. The van der Waals surface area contributed by atoms with Crippen molar-refractivity contribution in [2.75, 3.05) is 43.1 Å². The first-order valence-electron chi connectivity index (χ1n) is 10.8. The highest BCUT2D eigenvalue weighted by molar-refractivity contribution is 7.92. The van der Waals surface area contributed by atoms with Gasteiger partial charge in [-0.05, 0) is 43.2 Å². The Morgan fingerprint density at radius 1 is 1.21 bits per heavy atom. The number of nitrogens with one attached hydrogen (secondary N) is 2. The predicted molar refractivity (Wildman–Crippen MR) is 130 cm³/mol. The van der Waals surface area contributed by atoms with Crippen LogP contribution in [0.5, 0.6) is 0 Å². The van der Waals surface area contributed by atoms with E-state index >= 15 is 0 Å². The van der Waals surface area contributed by atoms with Crippen LogP contribution in [0.2, 0.25) is 0 Å². The van der Waals surface area contributed by atoms with Crippen LogP contribution in [-0.2, 0) is 14.8 Å². The molecular formula is C23H27N5O5S. The Hall–Kier alpha value is -3.60. The van der Waals surface area contributed by atoms with Crippen LogP contribution in [0.4, 0.5) is 11.5 Å². The number of sulfonamides is 1. The molecule has 2 aromatic heterocycles. The van der Waals surface area contributed by atoms with E-state index < -0.39 is 16.0 Å². The number of hydrogen-bond acceptors (Lipinski definition) is 7. The third-order valence-electron chi connectivity index (χ3n) is 6.04. The average molecular weight is 486 g/mol. The van der Waals surface area contributed by atoms with Crippen LogP contribution in [0, 0.1) is 0 Å². The molecule has 0 saturated carbocycles. The van der Waals surface area contributed by atoms with E-state index in [1.165, 1.54) is 7.11 Å². The molecule has 0 radical (unpaired) electrons. The summed E-state index contributed by atoms with van der Waals surface area (Å²) in [6.07, 6.45) is 5.80. The van der Waals surface area contributed by atoms with Crippen molar-refractivity contribution in [3.63, 3.8) is 0 Å². The number of anilines is 2. The van der Waals surface area contributed by atoms with Gasteiger partial charge in [0.25, 0.3) is 5.91 Å². The molecule has 3 aromatic rings. The highest BCUT2D eigenvalue weighted by Gasteiger charge is 2.29. The Bertz CT molecular complexity index is 1330. The maximum Gasteiger partial charge on any atom is 0.341 e. The zero-order chi connectivity index (χ0) is 24.5. The Kier molecular flexibility index (Phi) is 6.47. The molecule has 180 valence electrons. The summed E-state index contributed by atoms with van der Waals surface area (Å²) in [6, 6.07) is 8.55. The summed E-state index contributed by atoms with van der Waals surface area (Å²) < 4.78 is 30.5. The first-order chi connectivity index (χ1) is 16.2. The minimum Gasteiger partial charge on any atom is -0.465 e. The molecule has 1 aliphatic heterocycles. The fourth-order valence-corrected chi connectivity index (χ4v) is 4.88. The molecule has 0 unspecified atom stereocenters. The molecule has 1 aromatic carbocycles. The van der Waals surface area contributed by atoms with Gasteiger partial charge in [-0.25, -0.2) is 18.2 Å². The number of likely N-dealkylation sites (tertiary alicyclic amines) is 1. The van der Waals surface area contributed by atoms with Crippen LogP contribution in [0.25, 0.3) is 10.9 Å². The van der Waals surface area contributed by atoms with Gasteiger partial charge in [0.15, 0.2) is 0 Å². The topological polar surface area (TPSA) is 125 Å². The molecule has 1 fully saturated rings. The number of fused-ring (bicyclic) bond motifs is 1. The minimum atomic E-state index is -3.42. The van der Waals surface area contributed by atoms with Crippen LogP contribution in [0.3, 0.4) is 0 Å². The SMILES string of the molecule is COC(=O)c1cccnc1N(C)C1CCN(C(=O)c2c[nH]c3ccc(NS(C)(=O)=O)cc23)CC1. The van der Waals surface area contributed by atoms with Crippen molar-refractivity contribution in [1.82, 2.24) is 14.9 Å². The largest absolute Gasteiger partial charge is 0.465 e. The Labute approximate surface area is 198 Å². The summed E-state index contributed by atoms with van der Waals surface area (Å²) in [4.78, 5) is 36.6. The summed E-state index contributed by atoms with van der Waals surface area (Å²) >= 11 is 0. The van der Waals surface area contributed by atoms with E-state index in [0.717, 1.165) is 11.8 Å². The zero-order valence-corrected chi connectivity index (χ0v) is 20.1. The second kappa shape index (κ2) is 9.34. The molecule has 3 heterocycles. The lowest BCUT2D eigenvalue weighted by molar-refractivity contribution is 0.0600. The normalized spacial score (nSPS) is 14.7. The van der Waals surface area contributed by atoms with Crippen molar-refractivity contribution >= 4 is 44.3 Å². The van der Waals surface area contributed by atoms with Gasteiger partial charge in [0.05, 0.1) is 18.9 Å². The first-order valence-corrected chi connectivity index (χ1v) is 12.7. The van der Waals surface area contributed by atoms with Crippen molar-refractivity contribution in [3.05, 3.63) is 53.9 Å². The molecule has 10 nitrogen and oxygen atoms in total. The summed E-state index contributed by atoms with van der Waals surface area (Å²) in [5.74, 6) is 0.00485. The van der Waals surface area contributed by atoms with Gasteiger partial charge >= 0.3 is 5.97 Å². The fourth-order valence-electron chi connectivity index (χ4n) is 4.32. The summed E-state index contributed by atoms with van der Waals surface area (Å²) in [5.41, 5.74) is 2.06. The number of amides is 1. The van der Waals surface area contributed by atoms with Gasteiger partial charge in [-0.2, -0.15) is 0 Å². The van der Waals surface area contributed by atoms with E-state index in [-0.39, 0.29) is 11.9 Å². The lowest BCUT2D eigenvalue weighted by Gasteiger charge is -2.37. The summed E-state index contributed by atoms with van der Waals surface area (Å²) in [7, 11) is -0.187. The third-order valence-corrected chi connectivity index (χ3v) is 6.65. The smallest absolute Gasteiger partial charge is 0.341 e. The van der Waals surface area contributed by atoms with E-state index in [4.69, 9.17) is 4.74 Å². The second-order valence-corrected chi connectivity index (χ2v) is 10.1. The monoisotopic (exact) mass is 485 g/mol. The highest BCUT2D eigenvalue weighted by Crippen LogP contribution is 2.27. The number of esters is 1. The Balaban J connectivity index is 1.48.